The van der Waals surface area contributed by atoms with Gasteiger partial charge in [-0.3, -0.25) is 4.79 Å². The molecule has 0 spiro atoms. The summed E-state index contributed by atoms with van der Waals surface area (Å²) in [7, 11) is 3.34. The Morgan fingerprint density at radius 3 is 2.52 bits per heavy atom. The molecule has 2 aromatic carbocycles. The van der Waals surface area contributed by atoms with Gasteiger partial charge in [-0.25, -0.2) is 9.97 Å². The average molecular weight is 447 g/mol. The minimum absolute atomic E-state index is 0.0430. The minimum Gasteiger partial charge on any atom is -0.496 e. The highest BCUT2D eigenvalue weighted by Crippen LogP contribution is 2.39. The van der Waals surface area contributed by atoms with Crippen molar-refractivity contribution >= 4 is 22.8 Å². The van der Waals surface area contributed by atoms with Crippen molar-refractivity contribution in [2.24, 2.45) is 0 Å². The highest BCUT2D eigenvalue weighted by Gasteiger charge is 2.31. The average Bonchev–Trinajstić information content (AvgIpc) is 3.18. The third kappa shape index (κ3) is 4.23. The van der Waals surface area contributed by atoms with E-state index in [0.29, 0.717) is 12.5 Å². The Kier molecular flexibility index (Phi) is 6.22. The number of hydrogen-bond donors (Lipinski definition) is 1. The maximum absolute atomic E-state index is 12.0. The first-order valence-electron chi connectivity index (χ1n) is 11.0. The van der Waals surface area contributed by atoms with Crippen molar-refractivity contribution in [3.05, 3.63) is 54.2 Å². The number of hydrogen-bond acceptors (Lipinski definition) is 6. The summed E-state index contributed by atoms with van der Waals surface area (Å²) in [6.07, 6.45) is 4.04. The molecule has 0 aliphatic carbocycles. The van der Waals surface area contributed by atoms with Crippen molar-refractivity contribution in [3.8, 4) is 22.6 Å². The van der Waals surface area contributed by atoms with Crippen LogP contribution in [-0.4, -0.2) is 53.6 Å². The summed E-state index contributed by atoms with van der Waals surface area (Å²) in [4.78, 5) is 23.1. The summed E-state index contributed by atoms with van der Waals surface area (Å²) in [5.74, 6) is 2.10. The molecule has 33 heavy (non-hydrogen) atoms. The molecule has 1 saturated heterocycles. The molecule has 0 bridgehead atoms. The molecule has 1 fully saturated rings. The second kappa shape index (κ2) is 9.10. The van der Waals surface area contributed by atoms with Crippen LogP contribution in [0.3, 0.4) is 0 Å². The lowest BCUT2D eigenvalue weighted by Gasteiger charge is -2.19. The zero-order valence-electron chi connectivity index (χ0n) is 19.8. The minimum atomic E-state index is -0.0430. The van der Waals surface area contributed by atoms with E-state index in [2.05, 4.69) is 42.9 Å². The summed E-state index contributed by atoms with van der Waals surface area (Å²) in [6, 6.07) is 8.35. The topological polar surface area (TPSA) is 76.6 Å². The molecule has 0 radical (unpaired) electrons. The van der Waals surface area contributed by atoms with Crippen molar-refractivity contribution < 1.29 is 14.3 Å². The second-order valence-electron chi connectivity index (χ2n) is 8.49. The Hall–Kier alpha value is -3.61. The number of methoxy groups -OCH3 is 2. The van der Waals surface area contributed by atoms with Gasteiger partial charge in [0.1, 0.15) is 11.5 Å². The third-order valence-corrected chi connectivity index (χ3v) is 6.43. The van der Waals surface area contributed by atoms with E-state index in [1.165, 1.54) is 6.08 Å². The maximum atomic E-state index is 12.0. The number of ether oxygens (including phenoxy) is 2. The van der Waals surface area contributed by atoms with Gasteiger partial charge in [-0.2, -0.15) is 0 Å². The first kappa shape index (κ1) is 22.6. The number of aromatic nitrogens is 2. The van der Waals surface area contributed by atoms with Gasteiger partial charge < -0.3 is 19.7 Å². The zero-order chi connectivity index (χ0) is 23.7. The molecule has 0 unspecified atom stereocenters. The van der Waals surface area contributed by atoms with Gasteiger partial charge in [-0.15, -0.1) is 0 Å². The van der Waals surface area contributed by atoms with E-state index in [1.807, 2.05) is 30.2 Å². The fraction of sp³-hybridized carbons (Fsp3) is 0.346. The zero-order valence-corrected chi connectivity index (χ0v) is 19.8. The molecule has 1 aliphatic rings. The predicted octanol–water partition coefficient (Wildman–Crippen LogP) is 4.52. The number of benzene rings is 2. The van der Waals surface area contributed by atoms with E-state index < -0.39 is 0 Å². The third-order valence-electron chi connectivity index (χ3n) is 6.43. The van der Waals surface area contributed by atoms with Crippen LogP contribution in [0.15, 0.2) is 43.1 Å². The van der Waals surface area contributed by atoms with Gasteiger partial charge in [0.2, 0.25) is 11.9 Å². The van der Waals surface area contributed by atoms with Gasteiger partial charge in [0.25, 0.3) is 0 Å². The standard InChI is InChI=1S/C26H30N4O3/c1-7-24(31)30-14-20(10-15(30)2)28-26-27-13-19-11-18(8-9-21(19)29-26)25-16(3)22(32-5)12-23(33-6)17(25)4/h7-9,11-13,15,20H,1,10,14H2,2-6H3,(H,27,28,29)/t15-,20+/m1/s1. The van der Waals surface area contributed by atoms with E-state index >= 15 is 0 Å². The molecule has 2 heterocycles. The second-order valence-corrected chi connectivity index (χ2v) is 8.49. The summed E-state index contributed by atoms with van der Waals surface area (Å²) >= 11 is 0. The molecule has 3 aromatic rings. The molecule has 172 valence electrons. The number of anilines is 1. The molecule has 1 aliphatic heterocycles. The van der Waals surface area contributed by atoms with Crippen LogP contribution in [0.25, 0.3) is 22.0 Å². The van der Waals surface area contributed by atoms with Gasteiger partial charge in [0.05, 0.1) is 19.7 Å². The highest BCUT2D eigenvalue weighted by molar-refractivity contribution is 5.88. The molecular formula is C26H30N4O3. The molecular weight excluding hydrogens is 416 g/mol. The fourth-order valence-electron chi connectivity index (χ4n) is 4.72. The summed E-state index contributed by atoms with van der Waals surface area (Å²) < 4.78 is 11.1. The van der Waals surface area contributed by atoms with E-state index in [1.54, 1.807) is 14.2 Å². The Morgan fingerprint density at radius 1 is 1.18 bits per heavy atom. The smallest absolute Gasteiger partial charge is 0.246 e. The SMILES string of the molecule is C=CC(=O)N1C[C@@H](Nc2ncc3cc(-c4c(C)c(OC)cc(OC)c4C)ccc3n2)C[C@H]1C. The number of carbonyl (C=O) groups excluding carboxylic acids is 1. The Labute approximate surface area is 194 Å². The Balaban J connectivity index is 1.62. The fourth-order valence-corrected chi connectivity index (χ4v) is 4.72. The first-order valence-corrected chi connectivity index (χ1v) is 11.0. The Morgan fingerprint density at radius 2 is 1.88 bits per heavy atom. The van der Waals surface area contributed by atoms with Crippen LogP contribution in [0, 0.1) is 13.8 Å². The number of nitrogens with zero attached hydrogens (tertiary/aromatic N) is 3. The van der Waals surface area contributed by atoms with Crippen LogP contribution in [0.4, 0.5) is 5.95 Å². The van der Waals surface area contributed by atoms with Crippen LogP contribution in [0.5, 0.6) is 11.5 Å². The number of amides is 1. The molecule has 7 nitrogen and oxygen atoms in total. The molecule has 1 N–H and O–H groups in total. The molecule has 1 aromatic heterocycles. The summed E-state index contributed by atoms with van der Waals surface area (Å²) in [6.45, 7) is 10.4. The monoisotopic (exact) mass is 446 g/mol. The van der Waals surface area contributed by atoms with Gasteiger partial charge in [0, 0.05) is 36.3 Å². The van der Waals surface area contributed by atoms with Crippen LogP contribution in [0.2, 0.25) is 0 Å². The van der Waals surface area contributed by atoms with Crippen molar-refractivity contribution in [2.45, 2.75) is 39.3 Å². The predicted molar refractivity (Wildman–Crippen MR) is 131 cm³/mol. The van der Waals surface area contributed by atoms with Crippen molar-refractivity contribution in [3.63, 3.8) is 0 Å². The number of nitrogens with one attached hydrogen (secondary N) is 1. The van der Waals surface area contributed by atoms with E-state index in [9.17, 15) is 4.79 Å². The van der Waals surface area contributed by atoms with Crippen molar-refractivity contribution in [1.82, 2.24) is 14.9 Å². The molecule has 2 atom stereocenters. The Bertz CT molecular complexity index is 1200. The van der Waals surface area contributed by atoms with Crippen LogP contribution in [0.1, 0.15) is 24.5 Å². The maximum Gasteiger partial charge on any atom is 0.246 e. The van der Waals surface area contributed by atoms with Gasteiger partial charge in [-0.1, -0.05) is 12.6 Å². The lowest BCUT2D eigenvalue weighted by Crippen LogP contribution is -2.33. The van der Waals surface area contributed by atoms with Gasteiger partial charge >= 0.3 is 0 Å². The van der Waals surface area contributed by atoms with Crippen LogP contribution >= 0.6 is 0 Å². The van der Waals surface area contributed by atoms with Gasteiger partial charge in [-0.05, 0) is 67.7 Å². The first-order chi connectivity index (χ1) is 15.9. The molecule has 0 saturated carbocycles. The molecule has 7 heteroatoms. The number of carbonyl (C=O) groups is 1. The quantitative estimate of drug-likeness (QED) is 0.561. The van der Waals surface area contributed by atoms with Crippen molar-refractivity contribution in [1.29, 1.82) is 0 Å². The van der Waals surface area contributed by atoms with E-state index in [0.717, 1.165) is 51.1 Å². The van der Waals surface area contributed by atoms with E-state index in [-0.39, 0.29) is 18.0 Å². The molecule has 1 amide bonds. The normalized spacial score (nSPS) is 17.8. The highest BCUT2D eigenvalue weighted by atomic mass is 16.5. The van der Waals surface area contributed by atoms with Crippen LogP contribution in [-0.2, 0) is 4.79 Å². The largest absolute Gasteiger partial charge is 0.496 e. The van der Waals surface area contributed by atoms with E-state index in [4.69, 9.17) is 14.5 Å². The van der Waals surface area contributed by atoms with Crippen molar-refractivity contribution in [2.75, 3.05) is 26.1 Å². The lowest BCUT2D eigenvalue weighted by molar-refractivity contribution is -0.126. The number of likely N-dealkylation sites (tertiary alicyclic amines) is 1. The summed E-state index contributed by atoms with van der Waals surface area (Å²) in [5.41, 5.74) is 5.11. The van der Waals surface area contributed by atoms with Gasteiger partial charge in [0.15, 0.2) is 0 Å². The molecule has 4 rings (SSSR count). The summed E-state index contributed by atoms with van der Waals surface area (Å²) in [5, 5.41) is 4.33. The lowest BCUT2D eigenvalue weighted by atomic mass is 9.93. The van der Waals surface area contributed by atoms with Crippen LogP contribution < -0.4 is 14.8 Å². The number of fused-ring (bicyclic) bond motifs is 1. The number of rotatable bonds is 6.